The molecule has 0 radical (unpaired) electrons. The largest absolute Gasteiger partial charge is 0.339 e. The van der Waals surface area contributed by atoms with E-state index in [1.165, 1.54) is 0 Å². The molecule has 4 nitrogen and oxygen atoms in total. The molecule has 1 aliphatic rings. The number of nitrogens with zero attached hydrogens (tertiary/aromatic N) is 2. The van der Waals surface area contributed by atoms with E-state index in [9.17, 15) is 0 Å². The molecule has 2 N–H and O–H groups in total. The van der Waals surface area contributed by atoms with Crippen LogP contribution in [0.15, 0.2) is 4.52 Å². The fourth-order valence-corrected chi connectivity index (χ4v) is 1.82. The maximum absolute atomic E-state index is 5.81. The smallest absolute Gasteiger partial charge is 0.229 e. The zero-order valence-electron chi connectivity index (χ0n) is 8.27. The highest BCUT2D eigenvalue weighted by Crippen LogP contribution is 2.32. The summed E-state index contributed by atoms with van der Waals surface area (Å²) in [6.45, 7) is 2.02. The molecule has 1 fully saturated rings. The second-order valence-electron chi connectivity index (χ2n) is 3.67. The summed E-state index contributed by atoms with van der Waals surface area (Å²) in [6, 6.07) is 0.321. The van der Waals surface area contributed by atoms with E-state index in [0.717, 1.165) is 37.4 Å². The van der Waals surface area contributed by atoms with E-state index in [0.29, 0.717) is 12.0 Å². The summed E-state index contributed by atoms with van der Waals surface area (Å²) in [5.74, 6) is 1.99. The van der Waals surface area contributed by atoms with Crippen LogP contribution >= 0.6 is 12.4 Å². The zero-order chi connectivity index (χ0) is 9.26. The van der Waals surface area contributed by atoms with Gasteiger partial charge in [-0.05, 0) is 19.3 Å². The standard InChI is InChI=1S/C9H15N3O.ClH/c1-2-8-11-9(13-12-8)6-3-4-7(10)5-6;/h6-7H,2-5,10H2,1H3;1H. The second kappa shape index (κ2) is 4.75. The molecule has 0 bridgehead atoms. The minimum atomic E-state index is 0. The zero-order valence-corrected chi connectivity index (χ0v) is 9.09. The first-order valence-corrected chi connectivity index (χ1v) is 4.87. The Morgan fingerprint density at radius 3 is 2.79 bits per heavy atom. The molecule has 0 aliphatic heterocycles. The van der Waals surface area contributed by atoms with Gasteiger partial charge in [0.05, 0.1) is 0 Å². The lowest BCUT2D eigenvalue weighted by atomic mass is 10.1. The number of hydrogen-bond acceptors (Lipinski definition) is 4. The van der Waals surface area contributed by atoms with Crippen LogP contribution in [0.2, 0.25) is 0 Å². The highest BCUT2D eigenvalue weighted by molar-refractivity contribution is 5.85. The first kappa shape index (κ1) is 11.5. The van der Waals surface area contributed by atoms with Gasteiger partial charge in [0.2, 0.25) is 5.89 Å². The minimum Gasteiger partial charge on any atom is -0.339 e. The first-order chi connectivity index (χ1) is 6.29. The maximum atomic E-state index is 5.81. The molecule has 14 heavy (non-hydrogen) atoms. The SMILES string of the molecule is CCc1noc(C2CCC(N)C2)n1.Cl. The van der Waals surface area contributed by atoms with Crippen molar-refractivity contribution in [3.05, 3.63) is 11.7 Å². The Bertz CT molecular complexity index is 289. The lowest BCUT2D eigenvalue weighted by Crippen LogP contribution is -2.14. The highest BCUT2D eigenvalue weighted by atomic mass is 35.5. The van der Waals surface area contributed by atoms with Crippen molar-refractivity contribution in [2.75, 3.05) is 0 Å². The molecule has 5 heteroatoms. The van der Waals surface area contributed by atoms with Crippen LogP contribution in [0.25, 0.3) is 0 Å². The third-order valence-electron chi connectivity index (χ3n) is 2.62. The molecule has 1 aromatic rings. The Kier molecular flexibility index (Phi) is 3.89. The van der Waals surface area contributed by atoms with Gasteiger partial charge in [-0.2, -0.15) is 4.98 Å². The molecule has 1 aromatic heterocycles. The van der Waals surface area contributed by atoms with Gasteiger partial charge in [-0.1, -0.05) is 12.1 Å². The number of aryl methyl sites for hydroxylation is 1. The molecule has 2 unspecified atom stereocenters. The van der Waals surface area contributed by atoms with Gasteiger partial charge in [0.1, 0.15) is 0 Å². The number of halogens is 1. The summed E-state index contributed by atoms with van der Waals surface area (Å²) in [6.07, 6.45) is 3.99. The maximum Gasteiger partial charge on any atom is 0.229 e. The van der Waals surface area contributed by atoms with Gasteiger partial charge in [-0.15, -0.1) is 12.4 Å². The molecular formula is C9H16ClN3O. The number of aromatic nitrogens is 2. The molecule has 1 heterocycles. The minimum absolute atomic E-state index is 0. The van der Waals surface area contributed by atoms with Crippen LogP contribution in [0, 0.1) is 0 Å². The van der Waals surface area contributed by atoms with Gasteiger partial charge in [0.15, 0.2) is 5.82 Å². The van der Waals surface area contributed by atoms with Gasteiger partial charge >= 0.3 is 0 Å². The van der Waals surface area contributed by atoms with Gasteiger partial charge < -0.3 is 10.3 Å². The molecule has 0 amide bonds. The topological polar surface area (TPSA) is 64.9 Å². The van der Waals surface area contributed by atoms with Crippen molar-refractivity contribution in [3.8, 4) is 0 Å². The second-order valence-corrected chi connectivity index (χ2v) is 3.67. The highest BCUT2D eigenvalue weighted by Gasteiger charge is 2.27. The van der Waals surface area contributed by atoms with E-state index >= 15 is 0 Å². The Hall–Kier alpha value is -0.610. The third kappa shape index (κ3) is 2.25. The summed E-state index contributed by atoms with van der Waals surface area (Å²) >= 11 is 0. The number of hydrogen-bond donors (Lipinski definition) is 1. The average molecular weight is 218 g/mol. The van der Waals surface area contributed by atoms with Crippen LogP contribution in [0.1, 0.15) is 43.8 Å². The van der Waals surface area contributed by atoms with Crippen molar-refractivity contribution in [2.24, 2.45) is 5.73 Å². The van der Waals surface area contributed by atoms with Crippen LogP contribution in [-0.2, 0) is 6.42 Å². The van der Waals surface area contributed by atoms with Crippen molar-refractivity contribution in [1.82, 2.24) is 10.1 Å². The Labute approximate surface area is 89.7 Å². The molecule has 0 aromatic carbocycles. The summed E-state index contributed by atoms with van der Waals surface area (Å²) in [5, 5.41) is 3.88. The molecular weight excluding hydrogens is 202 g/mol. The van der Waals surface area contributed by atoms with Gasteiger partial charge in [-0.3, -0.25) is 0 Å². The van der Waals surface area contributed by atoms with Crippen molar-refractivity contribution < 1.29 is 4.52 Å². The number of rotatable bonds is 2. The Morgan fingerprint density at radius 2 is 2.29 bits per heavy atom. The number of nitrogens with two attached hydrogens (primary N) is 1. The van der Waals surface area contributed by atoms with E-state index in [-0.39, 0.29) is 12.4 Å². The lowest BCUT2D eigenvalue weighted by Gasteiger charge is -2.01. The van der Waals surface area contributed by atoms with Gasteiger partial charge in [0.25, 0.3) is 0 Å². The quantitative estimate of drug-likeness (QED) is 0.818. The van der Waals surface area contributed by atoms with E-state index in [2.05, 4.69) is 10.1 Å². The van der Waals surface area contributed by atoms with Crippen molar-refractivity contribution in [1.29, 1.82) is 0 Å². The van der Waals surface area contributed by atoms with Crippen molar-refractivity contribution in [3.63, 3.8) is 0 Å². The molecule has 1 aliphatic carbocycles. The van der Waals surface area contributed by atoms with Crippen LogP contribution in [-0.4, -0.2) is 16.2 Å². The van der Waals surface area contributed by atoms with Crippen LogP contribution < -0.4 is 5.73 Å². The van der Waals surface area contributed by atoms with E-state index in [4.69, 9.17) is 10.3 Å². The normalized spacial score (nSPS) is 26.1. The monoisotopic (exact) mass is 217 g/mol. The molecule has 2 rings (SSSR count). The lowest BCUT2D eigenvalue weighted by molar-refractivity contribution is 0.349. The summed E-state index contributed by atoms with van der Waals surface area (Å²) < 4.78 is 5.17. The fourth-order valence-electron chi connectivity index (χ4n) is 1.82. The molecule has 80 valence electrons. The molecule has 0 spiro atoms. The van der Waals surface area contributed by atoms with Crippen LogP contribution in [0.4, 0.5) is 0 Å². The average Bonchev–Trinajstić information content (AvgIpc) is 2.71. The van der Waals surface area contributed by atoms with E-state index < -0.39 is 0 Å². The molecule has 2 atom stereocenters. The van der Waals surface area contributed by atoms with Crippen molar-refractivity contribution in [2.45, 2.75) is 44.6 Å². The molecule has 0 saturated heterocycles. The van der Waals surface area contributed by atoms with E-state index in [1.807, 2.05) is 6.92 Å². The summed E-state index contributed by atoms with van der Waals surface area (Å²) in [7, 11) is 0. The summed E-state index contributed by atoms with van der Waals surface area (Å²) in [5.41, 5.74) is 5.81. The van der Waals surface area contributed by atoms with Crippen LogP contribution in [0.3, 0.4) is 0 Å². The van der Waals surface area contributed by atoms with E-state index in [1.54, 1.807) is 0 Å². The van der Waals surface area contributed by atoms with Gasteiger partial charge in [0, 0.05) is 18.4 Å². The fraction of sp³-hybridized carbons (Fsp3) is 0.778. The Balaban J connectivity index is 0.000000980. The predicted octanol–water partition coefficient (Wildman–Crippen LogP) is 1.65. The third-order valence-corrected chi connectivity index (χ3v) is 2.62. The predicted molar refractivity (Wildman–Crippen MR) is 55.5 cm³/mol. The van der Waals surface area contributed by atoms with Crippen molar-refractivity contribution >= 4 is 12.4 Å². The Morgan fingerprint density at radius 1 is 1.50 bits per heavy atom. The first-order valence-electron chi connectivity index (χ1n) is 4.87. The summed E-state index contributed by atoms with van der Waals surface area (Å²) in [4.78, 5) is 4.31. The molecule has 1 saturated carbocycles. The van der Waals surface area contributed by atoms with Crippen LogP contribution in [0.5, 0.6) is 0 Å². The van der Waals surface area contributed by atoms with Gasteiger partial charge in [-0.25, -0.2) is 0 Å².